The molecule has 1 aromatic heterocycles. The zero-order valence-corrected chi connectivity index (χ0v) is 13.2. The summed E-state index contributed by atoms with van der Waals surface area (Å²) in [5.74, 6) is 1.06. The maximum absolute atomic E-state index is 4.86. The molecule has 1 aromatic carbocycles. The lowest BCUT2D eigenvalue weighted by atomic mass is 9.95. The highest BCUT2D eigenvalue weighted by molar-refractivity contribution is 5.93. The van der Waals surface area contributed by atoms with E-state index in [1.807, 2.05) is 0 Å². The first-order chi connectivity index (χ1) is 10.9. The van der Waals surface area contributed by atoms with E-state index in [2.05, 4.69) is 40.5 Å². The molecule has 0 spiro atoms. The van der Waals surface area contributed by atoms with Gasteiger partial charge >= 0.3 is 0 Å². The fraction of sp³-hybridized carbons (Fsp3) is 0.526. The van der Waals surface area contributed by atoms with Crippen LogP contribution in [0, 0.1) is 0 Å². The van der Waals surface area contributed by atoms with E-state index in [0.29, 0.717) is 6.04 Å². The minimum absolute atomic E-state index is 0.605. The van der Waals surface area contributed by atoms with Gasteiger partial charge in [0, 0.05) is 36.3 Å². The Morgan fingerprint density at radius 2 is 1.73 bits per heavy atom. The molecule has 2 fully saturated rings. The number of fused-ring (bicyclic) bond motifs is 1. The first kappa shape index (κ1) is 13.9. The Hall–Kier alpha value is -1.77. The molecule has 0 radical (unpaired) electrons. The highest BCUT2D eigenvalue weighted by Crippen LogP contribution is 2.32. The van der Waals surface area contributed by atoms with Gasteiger partial charge in [-0.2, -0.15) is 0 Å². The molecule has 0 bridgehead atoms. The Morgan fingerprint density at radius 1 is 0.955 bits per heavy atom. The topological polar surface area (TPSA) is 28.2 Å². The second-order valence-corrected chi connectivity index (χ2v) is 6.72. The molecule has 3 nitrogen and oxygen atoms in total. The van der Waals surface area contributed by atoms with Crippen LogP contribution in [0.5, 0.6) is 0 Å². The van der Waals surface area contributed by atoms with Crippen molar-refractivity contribution in [1.82, 2.24) is 4.98 Å². The van der Waals surface area contributed by atoms with Crippen LogP contribution in [0.3, 0.4) is 0 Å². The molecule has 0 unspecified atom stereocenters. The Bertz CT molecular complexity index is 640. The summed E-state index contributed by atoms with van der Waals surface area (Å²) in [6.07, 6.45) is 9.28. The number of hydrogen-bond donors (Lipinski definition) is 1. The van der Waals surface area contributed by atoms with Crippen molar-refractivity contribution in [2.75, 3.05) is 23.3 Å². The van der Waals surface area contributed by atoms with E-state index in [1.165, 1.54) is 69.1 Å². The molecular weight excluding hydrogens is 270 g/mol. The lowest BCUT2D eigenvalue weighted by molar-refractivity contribution is 0.462. The van der Waals surface area contributed by atoms with E-state index in [4.69, 9.17) is 4.98 Å². The Balaban J connectivity index is 1.69. The normalized spacial score (nSPS) is 19.7. The van der Waals surface area contributed by atoms with Gasteiger partial charge in [0.05, 0.1) is 5.52 Å². The molecule has 3 heteroatoms. The van der Waals surface area contributed by atoms with E-state index in [9.17, 15) is 0 Å². The lowest BCUT2D eigenvalue weighted by Crippen LogP contribution is -2.23. The van der Waals surface area contributed by atoms with E-state index < -0.39 is 0 Å². The number of para-hydroxylation sites is 1. The summed E-state index contributed by atoms with van der Waals surface area (Å²) in [6, 6.07) is 11.4. The molecule has 2 heterocycles. The van der Waals surface area contributed by atoms with Gasteiger partial charge in [0.2, 0.25) is 0 Å². The Kier molecular flexibility index (Phi) is 3.88. The van der Waals surface area contributed by atoms with Crippen molar-refractivity contribution in [2.24, 2.45) is 0 Å². The molecule has 116 valence electrons. The zero-order valence-electron chi connectivity index (χ0n) is 13.2. The highest BCUT2D eigenvalue weighted by atomic mass is 15.2. The monoisotopic (exact) mass is 295 g/mol. The molecular formula is C19H25N3. The van der Waals surface area contributed by atoms with Gasteiger partial charge in [-0.1, -0.05) is 37.5 Å². The van der Waals surface area contributed by atoms with Crippen LogP contribution in [0.15, 0.2) is 30.3 Å². The number of hydrogen-bond acceptors (Lipinski definition) is 3. The number of nitrogens with zero attached hydrogens (tertiary/aromatic N) is 2. The lowest BCUT2D eigenvalue weighted by Gasteiger charge is -2.25. The van der Waals surface area contributed by atoms with Crippen LogP contribution in [0.2, 0.25) is 0 Å². The summed E-state index contributed by atoms with van der Waals surface area (Å²) >= 11 is 0. The average molecular weight is 295 g/mol. The molecule has 22 heavy (non-hydrogen) atoms. The largest absolute Gasteiger partial charge is 0.371 e. The third-order valence-electron chi connectivity index (χ3n) is 5.10. The van der Waals surface area contributed by atoms with Gasteiger partial charge in [0.1, 0.15) is 5.82 Å². The number of nitrogens with one attached hydrogen (secondary N) is 1. The molecule has 2 aromatic rings. The van der Waals surface area contributed by atoms with Crippen molar-refractivity contribution in [3.63, 3.8) is 0 Å². The first-order valence-corrected chi connectivity index (χ1v) is 8.81. The van der Waals surface area contributed by atoms with Gasteiger partial charge in [0.15, 0.2) is 0 Å². The van der Waals surface area contributed by atoms with Gasteiger partial charge in [-0.15, -0.1) is 0 Å². The number of anilines is 2. The smallest absolute Gasteiger partial charge is 0.128 e. The maximum Gasteiger partial charge on any atom is 0.128 e. The van der Waals surface area contributed by atoms with Crippen LogP contribution in [0.4, 0.5) is 11.5 Å². The summed E-state index contributed by atoms with van der Waals surface area (Å²) in [6.45, 7) is 2.35. The second-order valence-electron chi connectivity index (χ2n) is 6.72. The van der Waals surface area contributed by atoms with E-state index in [-0.39, 0.29) is 0 Å². The van der Waals surface area contributed by atoms with Crippen LogP contribution in [-0.2, 0) is 0 Å². The van der Waals surface area contributed by atoms with E-state index >= 15 is 0 Å². The number of aromatic nitrogens is 1. The van der Waals surface area contributed by atoms with E-state index in [0.717, 1.165) is 11.3 Å². The standard InChI is InChI=1S/C19H25N3/c1-2-8-15(9-3-1)20-19-14-18(22-12-6-7-13-22)16-10-4-5-11-17(16)21-19/h4-5,10-11,14-15H,1-3,6-9,12-13H2,(H,20,21). The highest BCUT2D eigenvalue weighted by Gasteiger charge is 2.18. The van der Waals surface area contributed by atoms with Crippen molar-refractivity contribution in [3.8, 4) is 0 Å². The van der Waals surface area contributed by atoms with Crippen molar-refractivity contribution in [3.05, 3.63) is 30.3 Å². The van der Waals surface area contributed by atoms with Crippen LogP contribution < -0.4 is 10.2 Å². The summed E-state index contributed by atoms with van der Waals surface area (Å²) in [4.78, 5) is 7.39. The number of benzene rings is 1. The molecule has 2 aliphatic rings. The third kappa shape index (κ3) is 2.77. The molecule has 0 atom stereocenters. The molecule has 4 rings (SSSR count). The Labute approximate surface area is 132 Å². The summed E-state index contributed by atoms with van der Waals surface area (Å²) in [5, 5.41) is 4.99. The van der Waals surface area contributed by atoms with E-state index in [1.54, 1.807) is 0 Å². The second kappa shape index (κ2) is 6.15. The van der Waals surface area contributed by atoms with Gasteiger partial charge < -0.3 is 10.2 Å². The van der Waals surface area contributed by atoms with Crippen LogP contribution >= 0.6 is 0 Å². The summed E-state index contributed by atoms with van der Waals surface area (Å²) < 4.78 is 0. The van der Waals surface area contributed by atoms with Crippen LogP contribution in [0.1, 0.15) is 44.9 Å². The van der Waals surface area contributed by atoms with Crippen molar-refractivity contribution < 1.29 is 0 Å². The van der Waals surface area contributed by atoms with Gasteiger partial charge in [-0.05, 0) is 31.7 Å². The zero-order chi connectivity index (χ0) is 14.8. The quantitative estimate of drug-likeness (QED) is 0.898. The molecule has 1 saturated heterocycles. The first-order valence-electron chi connectivity index (χ1n) is 8.81. The molecule has 1 N–H and O–H groups in total. The fourth-order valence-electron chi connectivity index (χ4n) is 3.91. The van der Waals surface area contributed by atoms with Gasteiger partial charge in [0.25, 0.3) is 0 Å². The van der Waals surface area contributed by atoms with Crippen molar-refractivity contribution >= 4 is 22.4 Å². The third-order valence-corrected chi connectivity index (χ3v) is 5.10. The average Bonchev–Trinajstić information content (AvgIpc) is 3.09. The predicted molar refractivity (Wildman–Crippen MR) is 93.7 cm³/mol. The number of pyridine rings is 1. The van der Waals surface area contributed by atoms with Crippen molar-refractivity contribution in [2.45, 2.75) is 51.0 Å². The molecule has 0 amide bonds. The van der Waals surface area contributed by atoms with Crippen molar-refractivity contribution in [1.29, 1.82) is 0 Å². The fourth-order valence-corrected chi connectivity index (χ4v) is 3.91. The van der Waals surface area contributed by atoms with Gasteiger partial charge in [-0.3, -0.25) is 0 Å². The predicted octanol–water partition coefficient (Wildman–Crippen LogP) is 4.58. The minimum Gasteiger partial charge on any atom is -0.371 e. The van der Waals surface area contributed by atoms with Crippen LogP contribution in [0.25, 0.3) is 10.9 Å². The molecule has 1 saturated carbocycles. The summed E-state index contributed by atoms with van der Waals surface area (Å²) in [5.41, 5.74) is 2.48. The van der Waals surface area contributed by atoms with Crippen LogP contribution in [-0.4, -0.2) is 24.1 Å². The SMILES string of the molecule is c1ccc2c(N3CCCC3)cc(NC3CCCCC3)nc2c1. The maximum atomic E-state index is 4.86. The molecule has 1 aliphatic heterocycles. The Morgan fingerprint density at radius 3 is 2.55 bits per heavy atom. The van der Waals surface area contributed by atoms with Gasteiger partial charge in [-0.25, -0.2) is 4.98 Å². The number of rotatable bonds is 3. The molecule has 1 aliphatic carbocycles. The minimum atomic E-state index is 0.605. The summed E-state index contributed by atoms with van der Waals surface area (Å²) in [7, 11) is 0.